The molecule has 5 heteroatoms. The normalized spacial score (nSPS) is 16.5. The molecule has 2 aliphatic heterocycles. The summed E-state index contributed by atoms with van der Waals surface area (Å²) in [6.45, 7) is 4.63. The van der Waals surface area contributed by atoms with Crippen LogP contribution in [0.2, 0.25) is 0 Å². The molecule has 5 nitrogen and oxygen atoms in total. The third-order valence-electron chi connectivity index (χ3n) is 4.16. The maximum atomic E-state index is 12.1. The molecule has 0 spiro atoms. The fourth-order valence-corrected chi connectivity index (χ4v) is 2.44. The lowest BCUT2D eigenvalue weighted by atomic mass is 10.1. The maximum Gasteiger partial charge on any atom is 0.326 e. The molecule has 4 rings (SSSR count). The number of pyridine rings is 2. The zero-order valence-corrected chi connectivity index (χ0v) is 13.4. The van der Waals surface area contributed by atoms with Crippen LogP contribution in [0, 0.1) is 12.3 Å². The van der Waals surface area contributed by atoms with Gasteiger partial charge in [-0.3, -0.25) is 9.88 Å². The molecule has 0 atom stereocenters. The van der Waals surface area contributed by atoms with E-state index in [9.17, 15) is 4.79 Å². The minimum absolute atomic E-state index is 0.0646. The zero-order valence-electron chi connectivity index (χ0n) is 13.4. The van der Waals surface area contributed by atoms with Gasteiger partial charge in [-0.05, 0) is 32.0 Å². The second-order valence-electron chi connectivity index (χ2n) is 6.22. The molecular formula is C18H18N4O. The van der Waals surface area contributed by atoms with Crippen molar-refractivity contribution in [2.24, 2.45) is 0 Å². The van der Waals surface area contributed by atoms with Crippen LogP contribution >= 0.6 is 0 Å². The number of anilines is 1. The number of carbonyl (C=O) groups excluding carboxylic acids is 1. The highest BCUT2D eigenvalue weighted by Crippen LogP contribution is 2.31. The van der Waals surface area contributed by atoms with Crippen molar-refractivity contribution >= 4 is 11.8 Å². The Kier molecular flexibility index (Phi) is 3.53. The first kappa shape index (κ1) is 15.0. The minimum atomic E-state index is -0.208. The number of rotatable bonds is 1. The third-order valence-corrected chi connectivity index (χ3v) is 4.16. The van der Waals surface area contributed by atoms with Gasteiger partial charge in [0.25, 0.3) is 0 Å². The average molecular weight is 306 g/mol. The van der Waals surface area contributed by atoms with E-state index in [0.29, 0.717) is 17.9 Å². The van der Waals surface area contributed by atoms with Crippen molar-refractivity contribution in [1.82, 2.24) is 14.9 Å². The Bertz CT molecular complexity index is 789. The fourth-order valence-electron chi connectivity index (χ4n) is 2.44. The first-order valence-corrected chi connectivity index (χ1v) is 7.36. The molecule has 2 amide bonds. The minimum Gasteiger partial charge on any atom is -0.320 e. The molecular weight excluding hydrogens is 288 g/mol. The summed E-state index contributed by atoms with van der Waals surface area (Å²) < 4.78 is 0. The Morgan fingerprint density at radius 1 is 1.30 bits per heavy atom. The van der Waals surface area contributed by atoms with Crippen LogP contribution in [-0.4, -0.2) is 40.0 Å². The van der Waals surface area contributed by atoms with Gasteiger partial charge in [-0.25, -0.2) is 9.78 Å². The number of carbonyl (C=O) groups is 1. The van der Waals surface area contributed by atoms with Gasteiger partial charge in [0.15, 0.2) is 5.82 Å². The number of terminal acetylenes is 1. The van der Waals surface area contributed by atoms with E-state index >= 15 is 0 Å². The van der Waals surface area contributed by atoms with Crippen molar-refractivity contribution in [2.45, 2.75) is 19.4 Å². The zero-order chi connectivity index (χ0) is 16.6. The van der Waals surface area contributed by atoms with Crippen LogP contribution < -0.4 is 4.90 Å². The molecule has 0 aromatic carbocycles. The highest BCUT2D eigenvalue weighted by atomic mass is 16.2. The number of amides is 2. The van der Waals surface area contributed by atoms with Gasteiger partial charge in [-0.15, -0.1) is 6.42 Å². The second kappa shape index (κ2) is 5.40. The molecule has 1 aliphatic carbocycles. The highest BCUT2D eigenvalue weighted by Gasteiger charge is 2.42. The summed E-state index contributed by atoms with van der Waals surface area (Å²) in [5, 5.41) is 0. The molecule has 1 aromatic rings. The Morgan fingerprint density at radius 3 is 2.43 bits per heavy atom. The van der Waals surface area contributed by atoms with Gasteiger partial charge in [-0.1, -0.05) is 5.92 Å². The molecule has 116 valence electrons. The molecule has 0 N–H and O–H groups in total. The monoisotopic (exact) mass is 306 g/mol. The summed E-state index contributed by atoms with van der Waals surface area (Å²) in [6, 6.07) is 5.60. The molecule has 0 radical (unpaired) electrons. The van der Waals surface area contributed by atoms with Crippen molar-refractivity contribution in [3.63, 3.8) is 0 Å². The van der Waals surface area contributed by atoms with Crippen molar-refractivity contribution in [2.75, 3.05) is 18.5 Å². The third kappa shape index (κ3) is 2.76. The van der Waals surface area contributed by atoms with Crippen LogP contribution in [0.15, 0.2) is 36.8 Å². The van der Waals surface area contributed by atoms with Crippen molar-refractivity contribution in [1.29, 1.82) is 0 Å². The van der Waals surface area contributed by atoms with Crippen LogP contribution in [0.25, 0.3) is 11.1 Å². The molecule has 0 saturated carbocycles. The van der Waals surface area contributed by atoms with Gasteiger partial charge in [0.05, 0.1) is 17.6 Å². The summed E-state index contributed by atoms with van der Waals surface area (Å²) >= 11 is 0. The lowest BCUT2D eigenvalue weighted by Gasteiger charge is -2.24. The van der Waals surface area contributed by atoms with E-state index in [4.69, 9.17) is 6.42 Å². The number of aromatic nitrogens is 2. The van der Waals surface area contributed by atoms with Gasteiger partial charge < -0.3 is 4.90 Å². The van der Waals surface area contributed by atoms with E-state index in [2.05, 4.69) is 22.0 Å². The quantitative estimate of drug-likeness (QED) is 0.650. The van der Waals surface area contributed by atoms with Gasteiger partial charge >= 0.3 is 6.03 Å². The lowest BCUT2D eigenvalue weighted by molar-refractivity contribution is 0.198. The van der Waals surface area contributed by atoms with E-state index in [1.807, 2.05) is 26.2 Å². The van der Waals surface area contributed by atoms with Crippen molar-refractivity contribution in [3.8, 4) is 23.5 Å². The van der Waals surface area contributed by atoms with E-state index in [0.717, 1.165) is 0 Å². The van der Waals surface area contributed by atoms with Crippen molar-refractivity contribution < 1.29 is 4.79 Å². The van der Waals surface area contributed by atoms with E-state index < -0.39 is 0 Å². The summed E-state index contributed by atoms with van der Waals surface area (Å²) in [7, 11) is 1.79. The number of hydrogen-bond acceptors (Lipinski definition) is 3. The van der Waals surface area contributed by atoms with Crippen molar-refractivity contribution in [3.05, 3.63) is 42.4 Å². The Hall–Kier alpha value is -2.87. The SMILES string of the molecule is C#Cc1cccnc1N1CC(C)(C)N(C)C1=O.c1ncc2cc1-2. The maximum absolute atomic E-state index is 12.1. The molecule has 1 aromatic heterocycles. The first-order chi connectivity index (χ1) is 10.9. The van der Waals surface area contributed by atoms with Crippen LogP contribution in [-0.2, 0) is 0 Å². The Morgan fingerprint density at radius 2 is 2.00 bits per heavy atom. The predicted octanol–water partition coefficient (Wildman–Crippen LogP) is 2.78. The Labute approximate surface area is 136 Å². The summed E-state index contributed by atoms with van der Waals surface area (Å²) in [4.78, 5) is 23.6. The van der Waals surface area contributed by atoms with E-state index in [1.165, 1.54) is 11.1 Å². The number of fused-ring (bicyclic) bond motifs is 1. The highest BCUT2D eigenvalue weighted by molar-refractivity contribution is 5.95. The largest absolute Gasteiger partial charge is 0.326 e. The molecule has 23 heavy (non-hydrogen) atoms. The van der Waals surface area contributed by atoms with Crippen LogP contribution in [0.1, 0.15) is 19.4 Å². The fraction of sp³-hybridized carbons (Fsp3) is 0.278. The number of likely N-dealkylation sites (N-methyl/N-ethyl adjacent to an activating group) is 1. The van der Waals surface area contributed by atoms with E-state index in [-0.39, 0.29) is 11.6 Å². The molecule has 1 saturated heterocycles. The van der Waals surface area contributed by atoms with Crippen LogP contribution in [0.4, 0.5) is 10.6 Å². The summed E-state index contributed by atoms with van der Waals surface area (Å²) in [5.74, 6) is 3.13. The summed E-state index contributed by atoms with van der Waals surface area (Å²) in [6.07, 6.45) is 10.8. The molecule has 0 bridgehead atoms. The second-order valence-corrected chi connectivity index (χ2v) is 6.22. The average Bonchev–Trinajstić information content (AvgIpc) is 3.10. The number of nitrogens with zero attached hydrogens (tertiary/aromatic N) is 4. The predicted molar refractivity (Wildman–Crippen MR) is 90.0 cm³/mol. The lowest BCUT2D eigenvalue weighted by Crippen LogP contribution is -2.38. The molecule has 1 fully saturated rings. The van der Waals surface area contributed by atoms with Gasteiger partial charge in [0, 0.05) is 36.8 Å². The van der Waals surface area contributed by atoms with Gasteiger partial charge in [0.2, 0.25) is 0 Å². The van der Waals surface area contributed by atoms with Crippen LogP contribution in [0.3, 0.4) is 0 Å². The Balaban J connectivity index is 0.000000213. The van der Waals surface area contributed by atoms with Crippen LogP contribution in [0.5, 0.6) is 0 Å². The van der Waals surface area contributed by atoms with Gasteiger partial charge in [0.1, 0.15) is 0 Å². The summed E-state index contributed by atoms with van der Waals surface area (Å²) in [5.41, 5.74) is 3.07. The number of hydrogen-bond donors (Lipinski definition) is 0. The topological polar surface area (TPSA) is 49.3 Å². The molecule has 3 aliphatic rings. The standard InChI is InChI=1S/C13H15N3O.C5H3N/c1-5-10-7-6-8-14-11(10)16-9-13(2,3)15(4)12(16)17;1-4-2-6-3-5(1)4/h1,6-8H,9H2,2-4H3;1-3H. The van der Waals surface area contributed by atoms with Gasteiger partial charge in [-0.2, -0.15) is 0 Å². The molecule has 3 heterocycles. The molecule has 0 unspecified atom stereocenters. The number of urea groups is 1. The first-order valence-electron chi connectivity index (χ1n) is 7.36. The van der Waals surface area contributed by atoms with E-state index in [1.54, 1.807) is 35.2 Å². The smallest absolute Gasteiger partial charge is 0.320 e.